The van der Waals surface area contributed by atoms with Crippen LogP contribution >= 0.6 is 0 Å². The van der Waals surface area contributed by atoms with Crippen molar-refractivity contribution in [1.82, 2.24) is 14.3 Å². The monoisotopic (exact) mass is 273 g/mol. The van der Waals surface area contributed by atoms with Crippen molar-refractivity contribution < 1.29 is 9.90 Å². The normalized spacial score (nSPS) is 15.8. The first kappa shape index (κ1) is 13.1. The fourth-order valence-corrected chi connectivity index (χ4v) is 2.96. The minimum Gasteiger partial charge on any atom is -0.395 e. The number of carbonyl (C=O) groups excluding carboxylic acids is 1. The first-order chi connectivity index (χ1) is 9.79. The number of amides is 1. The first-order valence-corrected chi connectivity index (χ1v) is 7.15. The Hall–Kier alpha value is -1.88. The lowest BCUT2D eigenvalue weighted by Crippen LogP contribution is -2.40. The van der Waals surface area contributed by atoms with Gasteiger partial charge in [-0.1, -0.05) is 18.9 Å². The van der Waals surface area contributed by atoms with E-state index < -0.39 is 0 Å². The van der Waals surface area contributed by atoms with Crippen molar-refractivity contribution in [2.75, 3.05) is 13.2 Å². The van der Waals surface area contributed by atoms with Gasteiger partial charge in [-0.2, -0.15) is 0 Å². The predicted octanol–water partition coefficient (Wildman–Crippen LogP) is 1.71. The van der Waals surface area contributed by atoms with Crippen molar-refractivity contribution in [2.45, 2.75) is 31.7 Å². The van der Waals surface area contributed by atoms with E-state index in [0.29, 0.717) is 12.2 Å². The van der Waals surface area contributed by atoms with Crippen LogP contribution in [0.15, 0.2) is 30.6 Å². The predicted molar refractivity (Wildman–Crippen MR) is 75.6 cm³/mol. The number of imidazole rings is 1. The van der Waals surface area contributed by atoms with E-state index in [1.165, 1.54) is 0 Å². The van der Waals surface area contributed by atoms with Crippen LogP contribution in [0.5, 0.6) is 0 Å². The van der Waals surface area contributed by atoms with Crippen LogP contribution in [0.4, 0.5) is 0 Å². The number of carbonyl (C=O) groups is 1. The third kappa shape index (κ3) is 2.41. The van der Waals surface area contributed by atoms with Crippen LogP contribution in [0.3, 0.4) is 0 Å². The molecule has 2 aromatic heterocycles. The molecule has 5 nitrogen and oxygen atoms in total. The molecule has 1 N–H and O–H groups in total. The molecule has 1 aliphatic rings. The summed E-state index contributed by atoms with van der Waals surface area (Å²) in [5, 5.41) is 9.21. The van der Waals surface area contributed by atoms with Gasteiger partial charge < -0.3 is 14.4 Å². The van der Waals surface area contributed by atoms with Gasteiger partial charge >= 0.3 is 0 Å². The first-order valence-electron chi connectivity index (χ1n) is 7.15. The van der Waals surface area contributed by atoms with Crippen LogP contribution in [-0.4, -0.2) is 44.5 Å². The number of hydrogen-bond acceptors (Lipinski definition) is 3. The van der Waals surface area contributed by atoms with Gasteiger partial charge in [-0.15, -0.1) is 0 Å². The molecule has 0 atom stereocenters. The molecule has 106 valence electrons. The van der Waals surface area contributed by atoms with Crippen LogP contribution in [-0.2, 0) is 0 Å². The Kier molecular flexibility index (Phi) is 3.69. The SMILES string of the molecule is O=C(c1cn2ccccc2n1)N(CCO)C1CCCC1. The van der Waals surface area contributed by atoms with Crippen LogP contribution in [0, 0.1) is 0 Å². The highest BCUT2D eigenvalue weighted by Crippen LogP contribution is 2.24. The maximum absolute atomic E-state index is 12.6. The van der Waals surface area contributed by atoms with Crippen molar-refractivity contribution in [3.8, 4) is 0 Å². The van der Waals surface area contributed by atoms with Crippen molar-refractivity contribution >= 4 is 11.6 Å². The summed E-state index contributed by atoms with van der Waals surface area (Å²) in [7, 11) is 0. The number of pyridine rings is 1. The molecule has 1 amide bonds. The molecule has 0 aromatic carbocycles. The molecular weight excluding hydrogens is 254 g/mol. The van der Waals surface area contributed by atoms with Crippen molar-refractivity contribution in [3.63, 3.8) is 0 Å². The van der Waals surface area contributed by atoms with Gasteiger partial charge in [0.2, 0.25) is 0 Å². The van der Waals surface area contributed by atoms with Gasteiger partial charge in [0.25, 0.3) is 5.91 Å². The molecule has 3 rings (SSSR count). The number of aromatic nitrogens is 2. The van der Waals surface area contributed by atoms with Crippen LogP contribution in [0.25, 0.3) is 5.65 Å². The van der Waals surface area contributed by atoms with E-state index in [9.17, 15) is 9.90 Å². The minimum atomic E-state index is -0.0744. The lowest BCUT2D eigenvalue weighted by Gasteiger charge is -2.27. The third-order valence-corrected chi connectivity index (χ3v) is 3.95. The highest BCUT2D eigenvalue weighted by atomic mass is 16.3. The van der Waals surface area contributed by atoms with E-state index in [1.54, 1.807) is 11.1 Å². The zero-order chi connectivity index (χ0) is 13.9. The Labute approximate surface area is 117 Å². The summed E-state index contributed by atoms with van der Waals surface area (Å²) in [5.41, 5.74) is 1.22. The fourth-order valence-electron chi connectivity index (χ4n) is 2.96. The summed E-state index contributed by atoms with van der Waals surface area (Å²) < 4.78 is 1.85. The van der Waals surface area contributed by atoms with Gasteiger partial charge in [0.1, 0.15) is 11.3 Å². The number of rotatable bonds is 4. The zero-order valence-electron chi connectivity index (χ0n) is 11.4. The smallest absolute Gasteiger partial charge is 0.274 e. The largest absolute Gasteiger partial charge is 0.395 e. The molecule has 2 heterocycles. The van der Waals surface area contributed by atoms with E-state index >= 15 is 0 Å². The van der Waals surface area contributed by atoms with E-state index in [4.69, 9.17) is 0 Å². The molecule has 1 saturated carbocycles. The van der Waals surface area contributed by atoms with E-state index in [-0.39, 0.29) is 18.6 Å². The van der Waals surface area contributed by atoms with Gasteiger partial charge in [0.05, 0.1) is 6.61 Å². The van der Waals surface area contributed by atoms with E-state index in [2.05, 4.69) is 4.98 Å². The Balaban J connectivity index is 1.87. The maximum atomic E-state index is 12.6. The summed E-state index contributed by atoms with van der Waals surface area (Å²) in [4.78, 5) is 18.8. The lowest BCUT2D eigenvalue weighted by molar-refractivity contribution is 0.0633. The van der Waals surface area contributed by atoms with Gasteiger partial charge in [-0.25, -0.2) is 4.98 Å². The quantitative estimate of drug-likeness (QED) is 0.922. The fraction of sp³-hybridized carbons (Fsp3) is 0.467. The number of aliphatic hydroxyl groups is 1. The van der Waals surface area contributed by atoms with Crippen molar-refractivity contribution in [3.05, 3.63) is 36.3 Å². The Morgan fingerprint density at radius 2 is 2.20 bits per heavy atom. The molecule has 1 aliphatic carbocycles. The highest BCUT2D eigenvalue weighted by Gasteiger charge is 2.28. The summed E-state index contributed by atoms with van der Waals surface area (Å²) in [6.07, 6.45) is 8.01. The van der Waals surface area contributed by atoms with Crippen LogP contribution < -0.4 is 0 Å². The second-order valence-electron chi connectivity index (χ2n) is 5.25. The molecule has 0 saturated heterocycles. The van der Waals surface area contributed by atoms with Gasteiger partial charge in [0.15, 0.2) is 0 Å². The third-order valence-electron chi connectivity index (χ3n) is 3.95. The summed E-state index contributed by atoms with van der Waals surface area (Å²) in [6, 6.07) is 5.94. The molecule has 0 spiro atoms. The summed E-state index contributed by atoms with van der Waals surface area (Å²) in [5.74, 6) is -0.0744. The molecular formula is C15H19N3O2. The van der Waals surface area contributed by atoms with Crippen molar-refractivity contribution in [2.24, 2.45) is 0 Å². The average Bonchev–Trinajstić information content (AvgIpc) is 3.12. The zero-order valence-corrected chi connectivity index (χ0v) is 11.4. The topological polar surface area (TPSA) is 57.8 Å². The number of nitrogens with zero attached hydrogens (tertiary/aromatic N) is 3. The van der Waals surface area contributed by atoms with Crippen LogP contribution in [0.1, 0.15) is 36.2 Å². The standard InChI is InChI=1S/C15H19N3O2/c19-10-9-18(12-5-1-2-6-12)15(20)13-11-17-8-4-3-7-14(17)16-13/h3-4,7-8,11-12,19H,1-2,5-6,9-10H2. The maximum Gasteiger partial charge on any atom is 0.274 e. The van der Waals surface area contributed by atoms with E-state index in [1.807, 2.05) is 28.8 Å². The van der Waals surface area contributed by atoms with Crippen molar-refractivity contribution in [1.29, 1.82) is 0 Å². The Bertz CT molecular complexity index is 569. The second-order valence-corrected chi connectivity index (χ2v) is 5.25. The molecule has 5 heteroatoms. The lowest BCUT2D eigenvalue weighted by atomic mass is 10.2. The Morgan fingerprint density at radius 3 is 2.90 bits per heavy atom. The molecule has 0 unspecified atom stereocenters. The van der Waals surface area contributed by atoms with E-state index in [0.717, 1.165) is 31.3 Å². The Morgan fingerprint density at radius 1 is 1.40 bits per heavy atom. The molecule has 20 heavy (non-hydrogen) atoms. The van der Waals surface area contributed by atoms with Gasteiger partial charge in [0, 0.05) is 25.0 Å². The minimum absolute atomic E-state index is 0.00435. The molecule has 0 radical (unpaired) electrons. The number of hydrogen-bond donors (Lipinski definition) is 1. The number of fused-ring (bicyclic) bond motifs is 1. The van der Waals surface area contributed by atoms with Gasteiger partial charge in [-0.3, -0.25) is 4.79 Å². The molecule has 1 fully saturated rings. The average molecular weight is 273 g/mol. The highest BCUT2D eigenvalue weighted by molar-refractivity contribution is 5.93. The summed E-state index contributed by atoms with van der Waals surface area (Å²) in [6.45, 7) is 0.382. The molecule has 0 bridgehead atoms. The number of aliphatic hydroxyl groups excluding tert-OH is 1. The molecule has 0 aliphatic heterocycles. The molecule has 2 aromatic rings. The van der Waals surface area contributed by atoms with Crippen LogP contribution in [0.2, 0.25) is 0 Å². The van der Waals surface area contributed by atoms with Gasteiger partial charge in [-0.05, 0) is 25.0 Å². The summed E-state index contributed by atoms with van der Waals surface area (Å²) >= 11 is 0. The second kappa shape index (κ2) is 5.63.